The van der Waals surface area contributed by atoms with Crippen molar-refractivity contribution in [3.8, 4) is 11.5 Å². The van der Waals surface area contributed by atoms with Crippen molar-refractivity contribution in [2.24, 2.45) is 0 Å². The topological polar surface area (TPSA) is 35.5 Å². The van der Waals surface area contributed by atoms with Crippen molar-refractivity contribution in [2.75, 3.05) is 7.11 Å². The largest absolute Gasteiger partial charge is 0.497 e. The maximum atomic E-state index is 12.3. The van der Waals surface area contributed by atoms with E-state index in [2.05, 4.69) is 6.58 Å². The number of rotatable bonds is 2. The second-order valence-corrected chi connectivity index (χ2v) is 4.62. The number of methoxy groups -OCH3 is 1. The first-order chi connectivity index (χ1) is 9.70. The van der Waals surface area contributed by atoms with Gasteiger partial charge >= 0.3 is 0 Å². The van der Waals surface area contributed by atoms with Crippen molar-refractivity contribution < 1.29 is 14.3 Å². The number of Topliss-reactive ketones (excluding diaryl/α,β-unsaturated/α-hetero) is 1. The Morgan fingerprint density at radius 3 is 2.50 bits per heavy atom. The number of hydrogen-bond acceptors (Lipinski definition) is 3. The second kappa shape index (κ2) is 4.85. The molecule has 0 fully saturated rings. The number of ketones is 1. The molecule has 0 radical (unpaired) electrons. The minimum atomic E-state index is -0.441. The number of ether oxygens (including phenoxy) is 2. The normalized spacial score (nSPS) is 17.4. The van der Waals surface area contributed by atoms with Crippen LogP contribution in [-0.2, 0) is 0 Å². The molecule has 0 aromatic heterocycles. The molecule has 2 aromatic rings. The smallest absolute Gasteiger partial charge is 0.196 e. The lowest BCUT2D eigenvalue weighted by atomic mass is 9.92. The zero-order chi connectivity index (χ0) is 14.1. The Kier molecular flexibility index (Phi) is 3.03. The standard InChI is InChI=1S/C17H14O3/c1-11-16(18)14-5-3-4-6-15(14)20-17(11)12-7-9-13(19-2)10-8-12/h3-10,17H,1H2,2H3. The fraction of sp³-hybridized carbons (Fsp3) is 0.118. The van der Waals surface area contributed by atoms with E-state index < -0.39 is 6.10 Å². The minimum absolute atomic E-state index is 0.0623. The molecular formula is C17H14O3. The van der Waals surface area contributed by atoms with Crippen molar-refractivity contribution in [1.29, 1.82) is 0 Å². The van der Waals surface area contributed by atoms with Crippen LogP contribution in [0.3, 0.4) is 0 Å². The Morgan fingerprint density at radius 2 is 1.80 bits per heavy atom. The van der Waals surface area contributed by atoms with Crippen LogP contribution in [0.5, 0.6) is 11.5 Å². The Labute approximate surface area is 117 Å². The van der Waals surface area contributed by atoms with Gasteiger partial charge in [-0.3, -0.25) is 4.79 Å². The number of hydrogen-bond donors (Lipinski definition) is 0. The van der Waals surface area contributed by atoms with Crippen LogP contribution in [-0.4, -0.2) is 12.9 Å². The molecule has 0 saturated carbocycles. The molecule has 3 heteroatoms. The first-order valence-corrected chi connectivity index (χ1v) is 6.34. The zero-order valence-corrected chi connectivity index (χ0v) is 11.1. The van der Waals surface area contributed by atoms with Crippen LogP contribution < -0.4 is 9.47 Å². The van der Waals surface area contributed by atoms with Gasteiger partial charge in [-0.15, -0.1) is 0 Å². The Balaban J connectivity index is 1.99. The molecule has 20 heavy (non-hydrogen) atoms. The van der Waals surface area contributed by atoms with E-state index in [1.54, 1.807) is 19.2 Å². The highest BCUT2D eigenvalue weighted by atomic mass is 16.5. The highest BCUT2D eigenvalue weighted by Gasteiger charge is 2.31. The van der Waals surface area contributed by atoms with Gasteiger partial charge in [0.2, 0.25) is 0 Å². The third kappa shape index (κ3) is 1.97. The summed E-state index contributed by atoms with van der Waals surface area (Å²) in [6.45, 7) is 3.89. The molecule has 1 unspecified atom stereocenters. The van der Waals surface area contributed by atoms with Gasteiger partial charge in [-0.2, -0.15) is 0 Å². The van der Waals surface area contributed by atoms with Crippen molar-refractivity contribution in [3.63, 3.8) is 0 Å². The van der Waals surface area contributed by atoms with Crippen LogP contribution in [0.2, 0.25) is 0 Å². The molecule has 1 aliphatic rings. The van der Waals surface area contributed by atoms with Gasteiger partial charge in [-0.1, -0.05) is 30.8 Å². The average Bonchev–Trinajstić information content (AvgIpc) is 2.51. The van der Waals surface area contributed by atoms with E-state index in [0.717, 1.165) is 11.3 Å². The summed E-state index contributed by atoms with van der Waals surface area (Å²) in [4.78, 5) is 12.3. The van der Waals surface area contributed by atoms with Gasteiger partial charge < -0.3 is 9.47 Å². The molecule has 0 aliphatic carbocycles. The SMILES string of the molecule is C=C1C(=O)c2ccccc2OC1c1ccc(OC)cc1. The number of benzene rings is 2. The maximum Gasteiger partial charge on any atom is 0.196 e. The highest BCUT2D eigenvalue weighted by molar-refractivity contribution is 6.11. The van der Waals surface area contributed by atoms with Crippen LogP contribution >= 0.6 is 0 Å². The average molecular weight is 266 g/mol. The Bertz CT molecular complexity index is 671. The molecule has 3 nitrogen and oxygen atoms in total. The number of fused-ring (bicyclic) bond motifs is 1. The van der Waals surface area contributed by atoms with Crippen LogP contribution in [0.4, 0.5) is 0 Å². The predicted octanol–water partition coefficient (Wildman–Crippen LogP) is 3.57. The summed E-state index contributed by atoms with van der Waals surface area (Å²) in [5.41, 5.74) is 1.91. The van der Waals surface area contributed by atoms with Gasteiger partial charge in [0.25, 0.3) is 0 Å². The molecule has 0 N–H and O–H groups in total. The lowest BCUT2D eigenvalue weighted by Gasteiger charge is -2.27. The number of carbonyl (C=O) groups is 1. The maximum absolute atomic E-state index is 12.3. The van der Waals surface area contributed by atoms with Crippen LogP contribution in [0.25, 0.3) is 0 Å². The van der Waals surface area contributed by atoms with Gasteiger partial charge in [-0.05, 0) is 29.8 Å². The summed E-state index contributed by atoms with van der Waals surface area (Å²) in [6, 6.07) is 14.7. The molecule has 3 rings (SSSR count). The monoisotopic (exact) mass is 266 g/mol. The molecule has 0 saturated heterocycles. The summed E-state index contributed by atoms with van der Waals surface area (Å²) in [7, 11) is 1.62. The molecule has 0 spiro atoms. The van der Waals surface area contributed by atoms with Crippen molar-refractivity contribution in [3.05, 3.63) is 71.8 Å². The van der Waals surface area contributed by atoms with E-state index in [-0.39, 0.29) is 5.78 Å². The van der Waals surface area contributed by atoms with E-state index in [9.17, 15) is 4.79 Å². The van der Waals surface area contributed by atoms with Gasteiger partial charge in [0.15, 0.2) is 11.9 Å². The van der Waals surface area contributed by atoms with E-state index in [4.69, 9.17) is 9.47 Å². The lowest BCUT2D eigenvalue weighted by Crippen LogP contribution is -2.22. The van der Waals surface area contributed by atoms with Crippen LogP contribution in [0, 0.1) is 0 Å². The van der Waals surface area contributed by atoms with Crippen molar-refractivity contribution in [2.45, 2.75) is 6.10 Å². The summed E-state index contributed by atoms with van der Waals surface area (Å²) < 4.78 is 11.0. The summed E-state index contributed by atoms with van der Waals surface area (Å²) >= 11 is 0. The third-order valence-electron chi connectivity index (χ3n) is 3.40. The first kappa shape index (κ1) is 12.5. The summed E-state index contributed by atoms with van der Waals surface area (Å²) in [6.07, 6.45) is -0.441. The summed E-state index contributed by atoms with van der Waals surface area (Å²) in [5, 5.41) is 0. The van der Waals surface area contributed by atoms with Crippen LogP contribution in [0.1, 0.15) is 22.0 Å². The number of carbonyl (C=O) groups excluding carboxylic acids is 1. The molecule has 0 bridgehead atoms. The van der Waals surface area contributed by atoms with Gasteiger partial charge in [-0.25, -0.2) is 0 Å². The quantitative estimate of drug-likeness (QED) is 0.779. The molecular weight excluding hydrogens is 252 g/mol. The van der Waals surface area contributed by atoms with Gasteiger partial charge in [0.05, 0.1) is 12.7 Å². The molecule has 100 valence electrons. The number of para-hydroxylation sites is 1. The van der Waals surface area contributed by atoms with E-state index >= 15 is 0 Å². The predicted molar refractivity (Wildman–Crippen MR) is 76.3 cm³/mol. The van der Waals surface area contributed by atoms with Gasteiger partial charge in [0.1, 0.15) is 11.5 Å². The van der Waals surface area contributed by atoms with E-state index in [0.29, 0.717) is 16.9 Å². The lowest BCUT2D eigenvalue weighted by molar-refractivity contribution is 0.0962. The molecule has 1 aliphatic heterocycles. The Hall–Kier alpha value is -2.55. The second-order valence-electron chi connectivity index (χ2n) is 4.62. The molecule has 1 atom stereocenters. The minimum Gasteiger partial charge on any atom is -0.497 e. The fourth-order valence-electron chi connectivity index (χ4n) is 2.30. The van der Waals surface area contributed by atoms with Crippen LogP contribution in [0.15, 0.2) is 60.7 Å². The molecule has 2 aromatic carbocycles. The van der Waals surface area contributed by atoms with E-state index in [1.807, 2.05) is 36.4 Å². The zero-order valence-electron chi connectivity index (χ0n) is 11.1. The molecule has 0 amide bonds. The Morgan fingerprint density at radius 1 is 1.10 bits per heavy atom. The van der Waals surface area contributed by atoms with E-state index in [1.165, 1.54) is 0 Å². The van der Waals surface area contributed by atoms with Crippen molar-refractivity contribution >= 4 is 5.78 Å². The molecule has 1 heterocycles. The fourth-order valence-corrected chi connectivity index (χ4v) is 2.30. The third-order valence-corrected chi connectivity index (χ3v) is 3.40. The summed E-state index contributed by atoms with van der Waals surface area (Å²) in [5.74, 6) is 1.31. The van der Waals surface area contributed by atoms with Crippen molar-refractivity contribution in [1.82, 2.24) is 0 Å². The first-order valence-electron chi connectivity index (χ1n) is 6.34. The van der Waals surface area contributed by atoms with Gasteiger partial charge in [0, 0.05) is 5.57 Å². The highest BCUT2D eigenvalue weighted by Crippen LogP contribution is 2.37.